The Bertz CT molecular complexity index is 390. The van der Waals surface area contributed by atoms with Crippen molar-refractivity contribution in [2.45, 2.75) is 51.1 Å². The summed E-state index contributed by atoms with van der Waals surface area (Å²) in [7, 11) is 2.21. The molecule has 2 atom stereocenters. The molecule has 0 saturated carbocycles. The van der Waals surface area contributed by atoms with Crippen molar-refractivity contribution in [2.75, 3.05) is 20.1 Å². The molecule has 0 radical (unpaired) electrons. The van der Waals surface area contributed by atoms with Crippen LogP contribution in [0, 0.1) is 5.82 Å². The highest BCUT2D eigenvalue weighted by Crippen LogP contribution is 2.21. The van der Waals surface area contributed by atoms with Gasteiger partial charge in [0, 0.05) is 18.6 Å². The maximum Gasteiger partial charge on any atom is 0.123 e. The van der Waals surface area contributed by atoms with Crippen LogP contribution in [0.1, 0.15) is 50.6 Å². The Hall–Kier alpha value is -0.930. The van der Waals surface area contributed by atoms with Crippen molar-refractivity contribution < 1.29 is 4.39 Å². The average molecular weight is 278 g/mol. The van der Waals surface area contributed by atoms with Crippen LogP contribution in [0.5, 0.6) is 0 Å². The third kappa shape index (κ3) is 4.29. The molecule has 0 aliphatic carbocycles. The number of likely N-dealkylation sites (N-methyl/N-ethyl adjacent to an activating group) is 1. The Labute approximate surface area is 122 Å². The molecule has 2 rings (SSSR count). The van der Waals surface area contributed by atoms with Crippen LogP contribution >= 0.6 is 0 Å². The van der Waals surface area contributed by atoms with Crippen molar-refractivity contribution in [2.24, 2.45) is 0 Å². The van der Waals surface area contributed by atoms with Crippen LogP contribution in [0.4, 0.5) is 4.39 Å². The van der Waals surface area contributed by atoms with Crippen molar-refractivity contribution in [1.29, 1.82) is 0 Å². The van der Waals surface area contributed by atoms with Gasteiger partial charge in [-0.1, -0.05) is 31.9 Å². The predicted molar refractivity (Wildman–Crippen MR) is 82.3 cm³/mol. The molecule has 0 aromatic heterocycles. The average Bonchev–Trinajstić information content (AvgIpc) is 2.86. The van der Waals surface area contributed by atoms with Gasteiger partial charge < -0.3 is 10.2 Å². The minimum absolute atomic E-state index is 0.154. The number of likely N-dealkylation sites (tertiary alicyclic amines) is 1. The topological polar surface area (TPSA) is 15.3 Å². The first-order chi connectivity index (χ1) is 9.70. The van der Waals surface area contributed by atoms with Crippen LogP contribution in [-0.2, 0) is 0 Å². The van der Waals surface area contributed by atoms with Crippen molar-refractivity contribution in [3.8, 4) is 0 Å². The van der Waals surface area contributed by atoms with Gasteiger partial charge in [0.05, 0.1) is 0 Å². The van der Waals surface area contributed by atoms with E-state index in [2.05, 4.69) is 24.2 Å². The molecule has 112 valence electrons. The second-order valence-electron chi connectivity index (χ2n) is 5.93. The summed E-state index contributed by atoms with van der Waals surface area (Å²) in [5, 5.41) is 3.70. The van der Waals surface area contributed by atoms with Crippen molar-refractivity contribution >= 4 is 0 Å². The summed E-state index contributed by atoms with van der Waals surface area (Å²) in [6.07, 6.45) is 6.11. The number of halogens is 1. The summed E-state index contributed by atoms with van der Waals surface area (Å²) >= 11 is 0. The lowest BCUT2D eigenvalue weighted by molar-refractivity contribution is 0.288. The molecule has 1 fully saturated rings. The van der Waals surface area contributed by atoms with E-state index in [1.54, 1.807) is 12.1 Å². The smallest absolute Gasteiger partial charge is 0.123 e. The Morgan fingerprint density at radius 1 is 1.35 bits per heavy atom. The van der Waals surface area contributed by atoms with Crippen molar-refractivity contribution in [3.05, 3.63) is 35.6 Å². The molecule has 1 aliphatic heterocycles. The van der Waals surface area contributed by atoms with Crippen LogP contribution in [0.15, 0.2) is 24.3 Å². The van der Waals surface area contributed by atoms with Gasteiger partial charge in [0.15, 0.2) is 0 Å². The molecule has 0 spiro atoms. The fourth-order valence-corrected chi connectivity index (χ4v) is 3.01. The Balaban J connectivity index is 1.94. The van der Waals surface area contributed by atoms with E-state index in [1.807, 2.05) is 12.1 Å². The number of hydrogen-bond acceptors (Lipinski definition) is 2. The highest BCUT2D eigenvalue weighted by atomic mass is 19.1. The third-order valence-electron chi connectivity index (χ3n) is 4.39. The molecule has 1 N–H and O–H groups in total. The lowest BCUT2D eigenvalue weighted by Gasteiger charge is -2.25. The van der Waals surface area contributed by atoms with Gasteiger partial charge in [0.1, 0.15) is 5.82 Å². The summed E-state index contributed by atoms with van der Waals surface area (Å²) in [5.41, 5.74) is 1.21. The van der Waals surface area contributed by atoms with Gasteiger partial charge in [-0.05, 0) is 50.6 Å². The maximum absolute atomic E-state index is 13.1. The van der Waals surface area contributed by atoms with Crippen LogP contribution in [0.2, 0.25) is 0 Å². The van der Waals surface area contributed by atoms with Gasteiger partial charge in [0.25, 0.3) is 0 Å². The second kappa shape index (κ2) is 7.75. The normalized spacial score (nSPS) is 21.2. The zero-order valence-corrected chi connectivity index (χ0v) is 12.7. The zero-order chi connectivity index (χ0) is 14.4. The molecular weight excluding hydrogens is 251 g/mol. The van der Waals surface area contributed by atoms with E-state index >= 15 is 0 Å². The third-order valence-corrected chi connectivity index (χ3v) is 4.39. The van der Waals surface area contributed by atoms with E-state index in [4.69, 9.17) is 0 Å². The lowest BCUT2D eigenvalue weighted by atomic mass is 10.0. The number of benzene rings is 1. The molecule has 3 heteroatoms. The Morgan fingerprint density at radius 3 is 2.70 bits per heavy atom. The van der Waals surface area contributed by atoms with Crippen LogP contribution in [-0.4, -0.2) is 31.1 Å². The maximum atomic E-state index is 13.1. The number of rotatable bonds is 7. The number of unbranched alkanes of at least 4 members (excludes halogenated alkanes) is 1. The Kier molecular flexibility index (Phi) is 5.99. The predicted octanol–water partition coefficient (Wildman–Crippen LogP) is 3.74. The SMILES string of the molecule is CCCCC(NCC1CCCN1C)c1ccc(F)cc1. The number of nitrogens with one attached hydrogen (secondary N) is 1. The van der Waals surface area contributed by atoms with Crippen LogP contribution < -0.4 is 5.32 Å². The van der Waals surface area contributed by atoms with E-state index in [0.717, 1.165) is 13.0 Å². The molecule has 1 saturated heterocycles. The van der Waals surface area contributed by atoms with Gasteiger partial charge in [-0.2, -0.15) is 0 Å². The quantitative estimate of drug-likeness (QED) is 0.817. The summed E-state index contributed by atoms with van der Waals surface area (Å²) in [4.78, 5) is 2.44. The molecule has 2 unspecified atom stereocenters. The summed E-state index contributed by atoms with van der Waals surface area (Å²) in [6, 6.07) is 7.97. The largest absolute Gasteiger partial charge is 0.308 e. The molecule has 2 nitrogen and oxygen atoms in total. The summed E-state index contributed by atoms with van der Waals surface area (Å²) in [6.45, 7) is 4.46. The van der Waals surface area contributed by atoms with E-state index in [1.165, 1.54) is 37.8 Å². The molecule has 0 bridgehead atoms. The van der Waals surface area contributed by atoms with Gasteiger partial charge in [0.2, 0.25) is 0 Å². The van der Waals surface area contributed by atoms with Gasteiger partial charge in [-0.15, -0.1) is 0 Å². The number of hydrogen-bond donors (Lipinski definition) is 1. The first kappa shape index (κ1) is 15.5. The van der Waals surface area contributed by atoms with E-state index in [-0.39, 0.29) is 5.82 Å². The van der Waals surface area contributed by atoms with E-state index in [0.29, 0.717) is 12.1 Å². The first-order valence-electron chi connectivity index (χ1n) is 7.89. The number of nitrogens with zero attached hydrogens (tertiary/aromatic N) is 1. The lowest BCUT2D eigenvalue weighted by Crippen LogP contribution is -2.37. The fourth-order valence-electron chi connectivity index (χ4n) is 3.01. The molecule has 1 aromatic carbocycles. The molecule has 1 aliphatic rings. The van der Waals surface area contributed by atoms with Crippen LogP contribution in [0.25, 0.3) is 0 Å². The molecule has 0 amide bonds. The monoisotopic (exact) mass is 278 g/mol. The molecule has 1 heterocycles. The van der Waals surface area contributed by atoms with Crippen LogP contribution in [0.3, 0.4) is 0 Å². The standard InChI is InChI=1S/C17H27FN2/c1-3-4-7-17(14-8-10-15(18)11-9-14)19-13-16-6-5-12-20(16)2/h8-11,16-17,19H,3-7,12-13H2,1-2H3. The highest BCUT2D eigenvalue weighted by molar-refractivity contribution is 5.20. The van der Waals surface area contributed by atoms with Crippen molar-refractivity contribution in [3.63, 3.8) is 0 Å². The summed E-state index contributed by atoms with van der Waals surface area (Å²) in [5.74, 6) is -0.154. The first-order valence-corrected chi connectivity index (χ1v) is 7.89. The van der Waals surface area contributed by atoms with E-state index < -0.39 is 0 Å². The molecule has 20 heavy (non-hydrogen) atoms. The fraction of sp³-hybridized carbons (Fsp3) is 0.647. The molecule has 1 aromatic rings. The second-order valence-corrected chi connectivity index (χ2v) is 5.93. The van der Waals surface area contributed by atoms with Crippen molar-refractivity contribution in [1.82, 2.24) is 10.2 Å². The highest BCUT2D eigenvalue weighted by Gasteiger charge is 2.21. The minimum Gasteiger partial charge on any atom is -0.308 e. The van der Waals surface area contributed by atoms with Gasteiger partial charge in [-0.3, -0.25) is 0 Å². The minimum atomic E-state index is -0.154. The molecular formula is C17H27FN2. The Morgan fingerprint density at radius 2 is 2.10 bits per heavy atom. The van der Waals surface area contributed by atoms with Gasteiger partial charge >= 0.3 is 0 Å². The summed E-state index contributed by atoms with van der Waals surface area (Å²) < 4.78 is 13.1. The zero-order valence-electron chi connectivity index (χ0n) is 12.7. The van der Waals surface area contributed by atoms with E-state index in [9.17, 15) is 4.39 Å². The van der Waals surface area contributed by atoms with Gasteiger partial charge in [-0.25, -0.2) is 4.39 Å².